The molecular formula is C25H20N6OS. The van der Waals surface area contributed by atoms with Gasteiger partial charge in [-0.2, -0.15) is 0 Å². The maximum absolute atomic E-state index is 13.2. The van der Waals surface area contributed by atoms with Crippen LogP contribution in [0.2, 0.25) is 0 Å². The lowest BCUT2D eigenvalue weighted by molar-refractivity contribution is 0.0942. The molecule has 0 fully saturated rings. The van der Waals surface area contributed by atoms with Gasteiger partial charge in [0.15, 0.2) is 11.5 Å². The van der Waals surface area contributed by atoms with Crippen molar-refractivity contribution in [2.75, 3.05) is 5.73 Å². The van der Waals surface area contributed by atoms with Crippen LogP contribution in [0, 0.1) is 11.8 Å². The van der Waals surface area contributed by atoms with E-state index < -0.39 is 0 Å². The molecule has 8 heteroatoms. The van der Waals surface area contributed by atoms with Gasteiger partial charge in [0.05, 0.1) is 27.5 Å². The van der Waals surface area contributed by atoms with Gasteiger partial charge in [-0.15, -0.1) is 22.4 Å². The summed E-state index contributed by atoms with van der Waals surface area (Å²) in [5, 5.41) is 9.27. The zero-order valence-corrected chi connectivity index (χ0v) is 18.9. The van der Waals surface area contributed by atoms with Crippen molar-refractivity contribution in [3.8, 4) is 23.1 Å². The Hall–Kier alpha value is -4.22. The van der Waals surface area contributed by atoms with Crippen LogP contribution in [0.15, 0.2) is 60.2 Å². The highest BCUT2D eigenvalue weighted by molar-refractivity contribution is 7.17. The molecule has 0 aliphatic rings. The molecule has 4 heterocycles. The molecule has 0 bridgehead atoms. The van der Waals surface area contributed by atoms with Crippen LogP contribution in [0.3, 0.4) is 0 Å². The fraction of sp³-hybridized carbons (Fsp3) is 0.120. The number of rotatable bonds is 4. The summed E-state index contributed by atoms with van der Waals surface area (Å²) in [7, 11) is 0. The first kappa shape index (κ1) is 20.7. The van der Waals surface area contributed by atoms with Crippen molar-refractivity contribution in [2.24, 2.45) is 0 Å². The van der Waals surface area contributed by atoms with E-state index in [4.69, 9.17) is 10.7 Å². The number of thiophene rings is 1. The van der Waals surface area contributed by atoms with E-state index in [-0.39, 0.29) is 23.3 Å². The first-order valence-corrected chi connectivity index (χ1v) is 11.2. The van der Waals surface area contributed by atoms with E-state index in [0.29, 0.717) is 5.65 Å². The monoisotopic (exact) mass is 452 g/mol. The molecule has 0 spiro atoms. The average molecular weight is 453 g/mol. The lowest BCUT2D eigenvalue weighted by Crippen LogP contribution is -2.28. The second kappa shape index (κ2) is 8.37. The first-order chi connectivity index (χ1) is 16.1. The lowest BCUT2D eigenvalue weighted by Gasteiger charge is -2.18. The first-order valence-electron chi connectivity index (χ1n) is 10.4. The van der Waals surface area contributed by atoms with Crippen molar-refractivity contribution in [3.05, 3.63) is 76.9 Å². The molecule has 0 radical (unpaired) electrons. The van der Waals surface area contributed by atoms with Crippen molar-refractivity contribution in [1.82, 2.24) is 24.9 Å². The number of nitrogens with two attached hydrogens (primary N) is 1. The zero-order chi connectivity index (χ0) is 22.9. The summed E-state index contributed by atoms with van der Waals surface area (Å²) < 4.78 is 2.51. The molecule has 33 heavy (non-hydrogen) atoms. The lowest BCUT2D eigenvalue weighted by atomic mass is 9.99. The van der Waals surface area contributed by atoms with E-state index in [0.717, 1.165) is 32.6 Å². The summed E-state index contributed by atoms with van der Waals surface area (Å²) in [6, 6.07) is 13.4. The van der Waals surface area contributed by atoms with E-state index in [2.05, 4.69) is 33.3 Å². The van der Waals surface area contributed by atoms with Crippen LogP contribution in [0.1, 0.15) is 41.4 Å². The Morgan fingerprint density at radius 1 is 1.24 bits per heavy atom. The van der Waals surface area contributed by atoms with Crippen LogP contribution in [0.5, 0.6) is 0 Å². The molecule has 1 amide bonds. The maximum atomic E-state index is 13.2. The van der Waals surface area contributed by atoms with Gasteiger partial charge >= 0.3 is 0 Å². The largest absolute Gasteiger partial charge is 0.381 e. The van der Waals surface area contributed by atoms with Crippen molar-refractivity contribution in [3.63, 3.8) is 0 Å². The fourth-order valence-electron chi connectivity index (χ4n) is 3.82. The molecule has 3 N–H and O–H groups in total. The van der Waals surface area contributed by atoms with Crippen LogP contribution >= 0.6 is 11.3 Å². The molecule has 1 atom stereocenters. The minimum atomic E-state index is -0.342. The molecular weight excluding hydrogens is 432 g/mol. The van der Waals surface area contributed by atoms with E-state index in [9.17, 15) is 4.79 Å². The van der Waals surface area contributed by atoms with Gasteiger partial charge in [0.25, 0.3) is 5.91 Å². The van der Waals surface area contributed by atoms with E-state index >= 15 is 0 Å². The second-order valence-corrected chi connectivity index (χ2v) is 8.42. The maximum Gasteiger partial charge on any atom is 0.259 e. The van der Waals surface area contributed by atoms with E-state index in [1.165, 1.54) is 4.52 Å². The summed E-state index contributed by atoms with van der Waals surface area (Å²) in [6.07, 6.45) is 3.31. The number of nitrogens with zero attached hydrogens (tertiary/aromatic N) is 4. The SMILES string of the molecule is CC#Cc1csc2cc([C@@H](C)NC(=O)c3c(N)nn4cccnc34)c(-c3ccccc3)nc12. The number of amides is 1. The van der Waals surface area contributed by atoms with Gasteiger partial charge in [0.2, 0.25) is 0 Å². The normalized spacial score (nSPS) is 11.8. The number of pyridine rings is 1. The number of benzene rings is 1. The van der Waals surface area contributed by atoms with Crippen molar-refractivity contribution in [1.29, 1.82) is 0 Å². The number of anilines is 1. The standard InChI is InChI=1S/C25H20N6OS/c1-3-8-17-14-33-19-13-18(21(29-22(17)19)16-9-5-4-6-10-16)15(2)28-25(32)20-23(26)30-31-12-7-11-27-24(20)31/h4-7,9-15H,1-2H3,(H2,26,30)(H,28,32)/t15-/m1/s1. The highest BCUT2D eigenvalue weighted by Gasteiger charge is 2.23. The summed E-state index contributed by atoms with van der Waals surface area (Å²) in [6.45, 7) is 3.75. The Morgan fingerprint density at radius 3 is 2.85 bits per heavy atom. The minimum Gasteiger partial charge on any atom is -0.381 e. The third-order valence-corrected chi connectivity index (χ3v) is 6.27. The van der Waals surface area contributed by atoms with Crippen LogP contribution < -0.4 is 11.1 Å². The number of fused-ring (bicyclic) bond motifs is 2. The minimum absolute atomic E-state index is 0.135. The Morgan fingerprint density at radius 2 is 2.06 bits per heavy atom. The molecule has 4 aromatic heterocycles. The molecule has 0 aliphatic carbocycles. The second-order valence-electron chi connectivity index (χ2n) is 7.51. The van der Waals surface area contributed by atoms with Gasteiger partial charge in [0.1, 0.15) is 5.56 Å². The highest BCUT2D eigenvalue weighted by atomic mass is 32.1. The number of hydrogen-bond acceptors (Lipinski definition) is 6. The Labute approximate surface area is 194 Å². The Kier molecular flexibility index (Phi) is 5.24. The van der Waals surface area contributed by atoms with Gasteiger partial charge < -0.3 is 11.1 Å². The average Bonchev–Trinajstić information content (AvgIpc) is 3.38. The summed E-state index contributed by atoms with van der Waals surface area (Å²) >= 11 is 1.59. The topological polar surface area (TPSA) is 98.2 Å². The van der Waals surface area contributed by atoms with E-state index in [1.54, 1.807) is 29.8 Å². The molecule has 0 saturated carbocycles. The summed E-state index contributed by atoms with van der Waals surface area (Å²) in [4.78, 5) is 22.5. The van der Waals surface area contributed by atoms with Crippen LogP contribution in [0.4, 0.5) is 5.82 Å². The van der Waals surface area contributed by atoms with Gasteiger partial charge in [-0.25, -0.2) is 14.5 Å². The quantitative estimate of drug-likeness (QED) is 0.393. The van der Waals surface area contributed by atoms with Crippen LogP contribution in [-0.4, -0.2) is 25.5 Å². The number of nitrogen functional groups attached to an aromatic ring is 1. The van der Waals surface area contributed by atoms with Gasteiger partial charge in [0, 0.05) is 28.9 Å². The third kappa shape index (κ3) is 3.69. The number of hydrogen-bond donors (Lipinski definition) is 2. The summed E-state index contributed by atoms with van der Waals surface area (Å²) in [5.74, 6) is 5.88. The van der Waals surface area contributed by atoms with Crippen molar-refractivity contribution >= 4 is 38.9 Å². The summed E-state index contributed by atoms with van der Waals surface area (Å²) in [5.41, 5.74) is 11.2. The Bertz CT molecular complexity index is 1560. The molecule has 5 aromatic rings. The van der Waals surface area contributed by atoms with Crippen molar-refractivity contribution in [2.45, 2.75) is 19.9 Å². The van der Waals surface area contributed by atoms with Gasteiger partial charge in [-0.05, 0) is 26.0 Å². The fourth-order valence-corrected chi connectivity index (χ4v) is 4.70. The van der Waals surface area contributed by atoms with Crippen LogP contribution in [0.25, 0.3) is 27.1 Å². The third-order valence-electron chi connectivity index (χ3n) is 5.35. The number of carbonyl (C=O) groups excluding carboxylic acids is 1. The molecule has 1 aromatic carbocycles. The van der Waals surface area contributed by atoms with Crippen molar-refractivity contribution < 1.29 is 4.79 Å². The molecule has 162 valence electrons. The molecule has 0 saturated heterocycles. The molecule has 7 nitrogen and oxygen atoms in total. The zero-order valence-electron chi connectivity index (χ0n) is 18.0. The predicted octanol–water partition coefficient (Wildman–Crippen LogP) is 4.45. The van der Waals surface area contributed by atoms with Gasteiger partial charge in [-0.3, -0.25) is 4.79 Å². The van der Waals surface area contributed by atoms with Crippen LogP contribution in [-0.2, 0) is 0 Å². The number of carbonyl (C=O) groups is 1. The Balaban J connectivity index is 1.58. The predicted molar refractivity (Wildman–Crippen MR) is 131 cm³/mol. The molecule has 5 rings (SSSR count). The van der Waals surface area contributed by atoms with E-state index in [1.807, 2.05) is 49.6 Å². The smallest absolute Gasteiger partial charge is 0.259 e. The molecule has 0 unspecified atom stereocenters. The highest BCUT2D eigenvalue weighted by Crippen LogP contribution is 2.34. The van der Waals surface area contributed by atoms with Gasteiger partial charge in [-0.1, -0.05) is 36.3 Å². The number of nitrogens with one attached hydrogen (secondary N) is 1. The number of aromatic nitrogens is 4. The molecule has 0 aliphatic heterocycles.